The second kappa shape index (κ2) is 7.99. The zero-order valence-corrected chi connectivity index (χ0v) is 16.0. The maximum absolute atomic E-state index is 13.1. The lowest BCUT2D eigenvalue weighted by Gasteiger charge is -2.22. The molecule has 27 heavy (non-hydrogen) atoms. The number of nitrogens with zero attached hydrogens (tertiary/aromatic N) is 2. The molecule has 5 nitrogen and oxygen atoms in total. The van der Waals surface area contributed by atoms with Crippen LogP contribution in [0.4, 0.5) is 0 Å². The first-order valence-corrected chi connectivity index (χ1v) is 8.78. The summed E-state index contributed by atoms with van der Waals surface area (Å²) in [6.45, 7) is 5.95. The van der Waals surface area contributed by atoms with Crippen LogP contribution in [-0.2, 0) is 0 Å². The Morgan fingerprint density at radius 1 is 1.11 bits per heavy atom. The molecule has 1 amide bonds. The molecule has 5 heteroatoms. The molecule has 3 aromatic rings. The summed E-state index contributed by atoms with van der Waals surface area (Å²) in [6, 6.07) is 11.5. The number of hydrogen-bond acceptors (Lipinski definition) is 4. The molecule has 0 bridgehead atoms. The van der Waals surface area contributed by atoms with Crippen LogP contribution in [0.2, 0.25) is 0 Å². The minimum Gasteiger partial charge on any atom is -0.494 e. The number of aryl methyl sites for hydroxylation is 3. The van der Waals surface area contributed by atoms with Crippen LogP contribution in [0.15, 0.2) is 55.0 Å². The first-order valence-electron chi connectivity index (χ1n) is 8.78. The Labute approximate surface area is 159 Å². The van der Waals surface area contributed by atoms with Gasteiger partial charge in [0, 0.05) is 18.1 Å². The summed E-state index contributed by atoms with van der Waals surface area (Å²) in [6.07, 6.45) is 5.07. The number of hydrogen-bond donors (Lipinski definition) is 1. The van der Waals surface area contributed by atoms with Crippen molar-refractivity contribution in [2.24, 2.45) is 0 Å². The molecule has 1 atom stereocenters. The molecule has 0 aliphatic heterocycles. The second-order valence-electron chi connectivity index (χ2n) is 6.58. The van der Waals surface area contributed by atoms with Crippen molar-refractivity contribution in [3.63, 3.8) is 0 Å². The van der Waals surface area contributed by atoms with E-state index < -0.39 is 0 Å². The van der Waals surface area contributed by atoms with E-state index in [2.05, 4.69) is 47.3 Å². The predicted octanol–water partition coefficient (Wildman–Crippen LogP) is 3.93. The molecule has 0 aliphatic rings. The first kappa shape index (κ1) is 18.6. The SMILES string of the molecule is COc1cnc(C)cc1C(=O)NC(c1cccnc1)c1ccc(C)cc1C. The third-order valence-electron chi connectivity index (χ3n) is 4.50. The largest absolute Gasteiger partial charge is 0.494 e. The van der Waals surface area contributed by atoms with Crippen molar-refractivity contribution < 1.29 is 9.53 Å². The van der Waals surface area contributed by atoms with Gasteiger partial charge in [-0.3, -0.25) is 14.8 Å². The zero-order chi connectivity index (χ0) is 19.4. The monoisotopic (exact) mass is 361 g/mol. The van der Waals surface area contributed by atoms with Crippen molar-refractivity contribution in [2.75, 3.05) is 7.11 Å². The van der Waals surface area contributed by atoms with Gasteiger partial charge in [0.25, 0.3) is 5.91 Å². The van der Waals surface area contributed by atoms with Crippen molar-refractivity contribution >= 4 is 5.91 Å². The average Bonchev–Trinajstić information content (AvgIpc) is 2.67. The van der Waals surface area contributed by atoms with Gasteiger partial charge in [0.05, 0.1) is 24.9 Å². The molecule has 0 radical (unpaired) electrons. The quantitative estimate of drug-likeness (QED) is 0.748. The zero-order valence-electron chi connectivity index (χ0n) is 16.0. The van der Waals surface area contributed by atoms with E-state index >= 15 is 0 Å². The van der Waals surface area contributed by atoms with E-state index in [1.54, 1.807) is 24.7 Å². The fraction of sp³-hybridized carbons (Fsp3) is 0.227. The molecule has 1 unspecified atom stereocenters. The lowest BCUT2D eigenvalue weighted by Crippen LogP contribution is -2.30. The van der Waals surface area contributed by atoms with Gasteiger partial charge in [-0.1, -0.05) is 29.8 Å². The summed E-state index contributed by atoms with van der Waals surface area (Å²) in [5.41, 5.74) is 5.46. The molecule has 3 rings (SSSR count). The second-order valence-corrected chi connectivity index (χ2v) is 6.58. The van der Waals surface area contributed by atoms with Gasteiger partial charge in [0.15, 0.2) is 0 Å². The Hall–Kier alpha value is -3.21. The molecule has 0 saturated carbocycles. The van der Waals surface area contributed by atoms with E-state index in [0.29, 0.717) is 11.3 Å². The number of amides is 1. The summed E-state index contributed by atoms with van der Waals surface area (Å²) >= 11 is 0. The van der Waals surface area contributed by atoms with Gasteiger partial charge < -0.3 is 10.1 Å². The van der Waals surface area contributed by atoms with Crippen LogP contribution in [0.5, 0.6) is 5.75 Å². The molecule has 0 aliphatic carbocycles. The Balaban J connectivity index is 2.02. The minimum absolute atomic E-state index is 0.217. The van der Waals surface area contributed by atoms with Crippen LogP contribution in [-0.4, -0.2) is 23.0 Å². The number of methoxy groups -OCH3 is 1. The van der Waals surface area contributed by atoms with E-state index in [1.165, 1.54) is 12.7 Å². The summed E-state index contributed by atoms with van der Waals surface area (Å²) < 4.78 is 5.32. The highest BCUT2D eigenvalue weighted by molar-refractivity contribution is 5.97. The van der Waals surface area contributed by atoms with E-state index in [1.807, 2.05) is 19.1 Å². The third-order valence-corrected chi connectivity index (χ3v) is 4.50. The van der Waals surface area contributed by atoms with Crippen molar-refractivity contribution in [2.45, 2.75) is 26.8 Å². The number of nitrogens with one attached hydrogen (secondary N) is 1. The molecule has 138 valence electrons. The first-order chi connectivity index (χ1) is 13.0. The van der Waals surface area contributed by atoms with Crippen LogP contribution < -0.4 is 10.1 Å². The number of carbonyl (C=O) groups is 1. The normalized spacial score (nSPS) is 11.7. The van der Waals surface area contributed by atoms with Gasteiger partial charge in [0.1, 0.15) is 5.75 Å². The van der Waals surface area contributed by atoms with Crippen LogP contribution >= 0.6 is 0 Å². The Kier molecular flexibility index (Phi) is 5.50. The Morgan fingerprint density at radius 3 is 2.59 bits per heavy atom. The van der Waals surface area contributed by atoms with E-state index in [9.17, 15) is 4.79 Å². The number of pyridine rings is 2. The van der Waals surface area contributed by atoms with Crippen LogP contribution in [0.3, 0.4) is 0 Å². The highest BCUT2D eigenvalue weighted by Gasteiger charge is 2.22. The van der Waals surface area contributed by atoms with Gasteiger partial charge in [-0.25, -0.2) is 0 Å². The number of aromatic nitrogens is 2. The third kappa shape index (κ3) is 4.14. The van der Waals surface area contributed by atoms with Crippen LogP contribution in [0.25, 0.3) is 0 Å². The maximum Gasteiger partial charge on any atom is 0.255 e. The standard InChI is InChI=1S/C22H23N3O2/c1-14-7-8-18(15(2)10-14)21(17-6-5-9-23-12-17)25-22(26)19-11-16(3)24-13-20(19)27-4/h5-13,21H,1-4H3,(H,25,26). The lowest BCUT2D eigenvalue weighted by molar-refractivity contribution is 0.0939. The molecular formula is C22H23N3O2. The molecule has 1 aromatic carbocycles. The Bertz CT molecular complexity index is 955. The van der Waals surface area contributed by atoms with Crippen molar-refractivity contribution in [3.05, 3.63) is 88.5 Å². The van der Waals surface area contributed by atoms with Crippen LogP contribution in [0.1, 0.15) is 44.3 Å². The Morgan fingerprint density at radius 2 is 1.93 bits per heavy atom. The lowest BCUT2D eigenvalue weighted by atomic mass is 9.94. The maximum atomic E-state index is 13.1. The number of carbonyl (C=O) groups excluding carboxylic acids is 1. The average molecular weight is 361 g/mol. The van der Waals surface area contributed by atoms with Gasteiger partial charge in [-0.05, 0) is 49.6 Å². The smallest absolute Gasteiger partial charge is 0.255 e. The van der Waals surface area contributed by atoms with Crippen molar-refractivity contribution in [1.29, 1.82) is 0 Å². The fourth-order valence-corrected chi connectivity index (χ4v) is 3.13. The van der Waals surface area contributed by atoms with Gasteiger partial charge in [-0.15, -0.1) is 0 Å². The summed E-state index contributed by atoms with van der Waals surface area (Å²) in [5.74, 6) is 0.231. The highest BCUT2D eigenvalue weighted by Crippen LogP contribution is 2.27. The minimum atomic E-state index is -0.315. The summed E-state index contributed by atoms with van der Waals surface area (Å²) in [5, 5.41) is 3.14. The van der Waals surface area contributed by atoms with Crippen molar-refractivity contribution in [1.82, 2.24) is 15.3 Å². The van der Waals surface area contributed by atoms with E-state index in [0.717, 1.165) is 22.4 Å². The van der Waals surface area contributed by atoms with Gasteiger partial charge in [0.2, 0.25) is 0 Å². The predicted molar refractivity (Wildman–Crippen MR) is 105 cm³/mol. The molecule has 0 spiro atoms. The molecule has 0 fully saturated rings. The number of benzene rings is 1. The van der Waals surface area contributed by atoms with Gasteiger partial charge >= 0.3 is 0 Å². The molecule has 1 N–H and O–H groups in total. The highest BCUT2D eigenvalue weighted by atomic mass is 16.5. The summed E-state index contributed by atoms with van der Waals surface area (Å²) in [4.78, 5) is 21.5. The molecule has 0 saturated heterocycles. The van der Waals surface area contributed by atoms with Crippen molar-refractivity contribution in [3.8, 4) is 5.75 Å². The van der Waals surface area contributed by atoms with E-state index in [-0.39, 0.29) is 11.9 Å². The van der Waals surface area contributed by atoms with E-state index in [4.69, 9.17) is 4.74 Å². The van der Waals surface area contributed by atoms with Gasteiger partial charge in [-0.2, -0.15) is 0 Å². The molecule has 2 heterocycles. The van der Waals surface area contributed by atoms with Crippen LogP contribution in [0, 0.1) is 20.8 Å². The fourth-order valence-electron chi connectivity index (χ4n) is 3.13. The number of rotatable bonds is 5. The molecular weight excluding hydrogens is 338 g/mol. The number of ether oxygens (including phenoxy) is 1. The summed E-state index contributed by atoms with van der Waals surface area (Å²) in [7, 11) is 1.53. The molecule has 2 aromatic heterocycles. The topological polar surface area (TPSA) is 64.1 Å².